The summed E-state index contributed by atoms with van der Waals surface area (Å²) in [6.45, 7) is 11.9. The molecule has 1 aliphatic rings. The van der Waals surface area contributed by atoms with Gasteiger partial charge in [-0.1, -0.05) is 27.7 Å². The van der Waals surface area contributed by atoms with Gasteiger partial charge in [-0.15, -0.1) is 0 Å². The summed E-state index contributed by atoms with van der Waals surface area (Å²) in [5.41, 5.74) is 0. The average Bonchev–Trinajstić information content (AvgIpc) is 2.20. The van der Waals surface area contributed by atoms with Crippen molar-refractivity contribution in [3.05, 3.63) is 0 Å². The fraction of sp³-hybridized carbons (Fsp3) is 1.00. The van der Waals surface area contributed by atoms with E-state index in [4.69, 9.17) is 0 Å². The Balaban J connectivity index is 0.000000791. The predicted molar refractivity (Wildman–Crippen MR) is 62.5 cm³/mol. The lowest BCUT2D eigenvalue weighted by atomic mass is 10.1. The van der Waals surface area contributed by atoms with Crippen LogP contribution in [0.5, 0.6) is 0 Å². The van der Waals surface area contributed by atoms with E-state index < -0.39 is 0 Å². The number of aliphatic hydroxyl groups is 1. The van der Waals surface area contributed by atoms with Gasteiger partial charge >= 0.3 is 0 Å². The molecule has 86 valence electrons. The van der Waals surface area contributed by atoms with Crippen molar-refractivity contribution < 1.29 is 5.11 Å². The van der Waals surface area contributed by atoms with E-state index in [-0.39, 0.29) is 6.10 Å². The molecule has 1 heterocycles. The van der Waals surface area contributed by atoms with Gasteiger partial charge in [0.15, 0.2) is 0 Å². The Hall–Kier alpha value is -0.0800. The van der Waals surface area contributed by atoms with Crippen molar-refractivity contribution in [2.24, 2.45) is 5.92 Å². The first-order valence-electron chi connectivity index (χ1n) is 6.09. The highest BCUT2D eigenvalue weighted by Crippen LogP contribution is 2.11. The maximum Gasteiger partial charge on any atom is 0.0564 e. The first-order chi connectivity index (χ1) is 6.68. The molecule has 0 aromatic heterocycles. The summed E-state index contributed by atoms with van der Waals surface area (Å²) in [6.07, 6.45) is 3.20. The quantitative estimate of drug-likeness (QED) is 0.758. The third kappa shape index (κ3) is 6.39. The van der Waals surface area contributed by atoms with E-state index in [1.54, 1.807) is 0 Å². The third-order valence-electron chi connectivity index (χ3n) is 2.58. The molecule has 0 radical (unpaired) electrons. The molecule has 1 fully saturated rings. The smallest absolute Gasteiger partial charge is 0.0564 e. The van der Waals surface area contributed by atoms with Crippen molar-refractivity contribution in [1.82, 2.24) is 4.90 Å². The lowest BCUT2D eigenvalue weighted by Gasteiger charge is -2.29. The van der Waals surface area contributed by atoms with Crippen molar-refractivity contribution in [1.29, 1.82) is 0 Å². The molecule has 0 bridgehead atoms. The molecule has 2 heteroatoms. The standard InChI is InChI=1S/C10H21NO.C2H6/c1-9(2)3-6-11-7-4-10(12)5-8-11;1-2/h9-10,12H,3-8H2,1-2H3;1-2H3. The van der Waals surface area contributed by atoms with Gasteiger partial charge in [0.2, 0.25) is 0 Å². The number of hydrogen-bond acceptors (Lipinski definition) is 2. The summed E-state index contributed by atoms with van der Waals surface area (Å²) in [7, 11) is 0. The predicted octanol–water partition coefficient (Wildman–Crippen LogP) is 2.52. The molecule has 0 aliphatic carbocycles. The summed E-state index contributed by atoms with van der Waals surface area (Å²) in [5, 5.41) is 9.28. The van der Waals surface area contributed by atoms with Crippen molar-refractivity contribution >= 4 is 0 Å². The number of piperidine rings is 1. The van der Waals surface area contributed by atoms with Gasteiger partial charge in [0.25, 0.3) is 0 Å². The van der Waals surface area contributed by atoms with Crippen LogP contribution in [0, 0.1) is 5.92 Å². The van der Waals surface area contributed by atoms with Crippen molar-refractivity contribution in [3.8, 4) is 0 Å². The van der Waals surface area contributed by atoms with Crippen molar-refractivity contribution in [2.75, 3.05) is 19.6 Å². The molecule has 0 spiro atoms. The molecular weight excluding hydrogens is 174 g/mol. The van der Waals surface area contributed by atoms with Crippen LogP contribution in [0.4, 0.5) is 0 Å². The molecule has 0 aromatic rings. The second-order valence-electron chi connectivity index (χ2n) is 4.26. The Morgan fingerprint density at radius 3 is 2.14 bits per heavy atom. The maximum atomic E-state index is 9.28. The average molecular weight is 201 g/mol. The largest absolute Gasteiger partial charge is 0.393 e. The second-order valence-corrected chi connectivity index (χ2v) is 4.26. The zero-order chi connectivity index (χ0) is 11.0. The molecule has 2 nitrogen and oxygen atoms in total. The van der Waals surface area contributed by atoms with Crippen LogP contribution in [0.3, 0.4) is 0 Å². The molecule has 0 unspecified atom stereocenters. The Labute approximate surface area is 89.3 Å². The molecule has 0 saturated carbocycles. The summed E-state index contributed by atoms with van der Waals surface area (Å²) >= 11 is 0. The fourth-order valence-electron chi connectivity index (χ4n) is 1.58. The van der Waals surface area contributed by atoms with Crippen LogP contribution in [-0.2, 0) is 0 Å². The minimum absolute atomic E-state index is 0.0275. The zero-order valence-corrected chi connectivity index (χ0v) is 10.3. The minimum atomic E-state index is -0.0275. The molecular formula is C12H27NO. The van der Waals surface area contributed by atoms with Crippen molar-refractivity contribution in [2.45, 2.75) is 53.1 Å². The van der Waals surface area contributed by atoms with E-state index in [0.717, 1.165) is 31.8 Å². The Bertz CT molecular complexity index is 117. The molecule has 1 N–H and O–H groups in total. The SMILES string of the molecule is CC.CC(C)CCN1CCC(O)CC1. The summed E-state index contributed by atoms with van der Waals surface area (Å²) in [6, 6.07) is 0. The number of rotatable bonds is 3. The molecule has 14 heavy (non-hydrogen) atoms. The number of aliphatic hydroxyl groups excluding tert-OH is 1. The van der Waals surface area contributed by atoms with Gasteiger partial charge < -0.3 is 10.0 Å². The van der Waals surface area contributed by atoms with Crippen molar-refractivity contribution in [3.63, 3.8) is 0 Å². The zero-order valence-electron chi connectivity index (χ0n) is 10.3. The van der Waals surface area contributed by atoms with Crippen LogP contribution < -0.4 is 0 Å². The molecule has 1 aliphatic heterocycles. The van der Waals surface area contributed by atoms with Crippen LogP contribution in [-0.4, -0.2) is 35.7 Å². The van der Waals surface area contributed by atoms with E-state index in [1.807, 2.05) is 13.8 Å². The Morgan fingerprint density at radius 1 is 1.21 bits per heavy atom. The number of likely N-dealkylation sites (tertiary alicyclic amines) is 1. The third-order valence-corrected chi connectivity index (χ3v) is 2.58. The molecule has 0 atom stereocenters. The van der Waals surface area contributed by atoms with Gasteiger partial charge in [-0.05, 0) is 31.7 Å². The van der Waals surface area contributed by atoms with Gasteiger partial charge in [-0.25, -0.2) is 0 Å². The van der Waals surface area contributed by atoms with Gasteiger partial charge in [0.05, 0.1) is 6.10 Å². The summed E-state index contributed by atoms with van der Waals surface area (Å²) in [5.74, 6) is 0.803. The highest BCUT2D eigenvalue weighted by molar-refractivity contribution is 4.70. The first kappa shape index (κ1) is 13.9. The lowest BCUT2D eigenvalue weighted by molar-refractivity contribution is 0.0805. The topological polar surface area (TPSA) is 23.5 Å². The van der Waals surface area contributed by atoms with E-state index >= 15 is 0 Å². The fourth-order valence-corrected chi connectivity index (χ4v) is 1.58. The van der Waals surface area contributed by atoms with Crippen LogP contribution in [0.1, 0.15) is 47.0 Å². The Kier molecular flexibility index (Phi) is 8.20. The van der Waals surface area contributed by atoms with Gasteiger partial charge in [0.1, 0.15) is 0 Å². The lowest BCUT2D eigenvalue weighted by Crippen LogP contribution is -2.36. The van der Waals surface area contributed by atoms with Gasteiger partial charge in [0, 0.05) is 13.1 Å². The van der Waals surface area contributed by atoms with Crippen LogP contribution in [0.2, 0.25) is 0 Å². The van der Waals surface area contributed by atoms with Gasteiger partial charge in [-0.2, -0.15) is 0 Å². The summed E-state index contributed by atoms with van der Waals surface area (Å²) < 4.78 is 0. The maximum absolute atomic E-state index is 9.28. The Morgan fingerprint density at radius 2 is 1.71 bits per heavy atom. The normalized spacial score (nSPS) is 19.3. The van der Waals surface area contributed by atoms with Crippen LogP contribution in [0.25, 0.3) is 0 Å². The van der Waals surface area contributed by atoms with Crippen LogP contribution >= 0.6 is 0 Å². The van der Waals surface area contributed by atoms with Crippen LogP contribution in [0.15, 0.2) is 0 Å². The molecule has 0 aromatic carbocycles. The first-order valence-corrected chi connectivity index (χ1v) is 6.09. The molecule has 1 saturated heterocycles. The van der Waals surface area contributed by atoms with E-state index in [0.29, 0.717) is 0 Å². The van der Waals surface area contributed by atoms with E-state index in [9.17, 15) is 5.11 Å². The number of nitrogens with zero attached hydrogens (tertiary/aromatic N) is 1. The second kappa shape index (κ2) is 8.25. The number of hydrogen-bond donors (Lipinski definition) is 1. The van der Waals surface area contributed by atoms with Gasteiger partial charge in [-0.3, -0.25) is 0 Å². The molecule has 1 rings (SSSR count). The highest BCUT2D eigenvalue weighted by Gasteiger charge is 2.16. The summed E-state index contributed by atoms with van der Waals surface area (Å²) in [4.78, 5) is 2.46. The van der Waals surface area contributed by atoms with E-state index in [1.165, 1.54) is 13.0 Å². The monoisotopic (exact) mass is 201 g/mol. The van der Waals surface area contributed by atoms with E-state index in [2.05, 4.69) is 18.7 Å². The minimum Gasteiger partial charge on any atom is -0.393 e. The molecule has 0 amide bonds. The highest BCUT2D eigenvalue weighted by atomic mass is 16.3.